The normalized spacial score (nSPS) is 20.8. The molecule has 258 valence electrons. The van der Waals surface area contributed by atoms with Gasteiger partial charge in [-0.15, -0.1) is 0 Å². The minimum atomic E-state index is -3.70. The van der Waals surface area contributed by atoms with Gasteiger partial charge in [0.1, 0.15) is 16.4 Å². The van der Waals surface area contributed by atoms with Crippen molar-refractivity contribution in [2.24, 2.45) is 11.8 Å². The average molecular weight is 690 g/mol. The highest BCUT2D eigenvalue weighted by Crippen LogP contribution is 2.51. The zero-order valence-electron chi connectivity index (χ0n) is 27.7. The number of anilines is 1. The van der Waals surface area contributed by atoms with E-state index < -0.39 is 44.3 Å². The molecule has 2 fully saturated rings. The van der Waals surface area contributed by atoms with Crippen molar-refractivity contribution in [1.82, 2.24) is 9.47 Å². The van der Waals surface area contributed by atoms with Crippen molar-refractivity contribution in [2.75, 3.05) is 17.9 Å². The van der Waals surface area contributed by atoms with E-state index in [-0.39, 0.29) is 35.7 Å². The lowest BCUT2D eigenvalue weighted by Crippen LogP contribution is -2.47. The van der Waals surface area contributed by atoms with E-state index in [0.717, 1.165) is 28.1 Å². The molecule has 3 atom stereocenters. The number of rotatable bonds is 10. The summed E-state index contributed by atoms with van der Waals surface area (Å²) >= 11 is 0. The number of piperidine rings is 1. The molecule has 49 heavy (non-hydrogen) atoms. The topological polar surface area (TPSA) is 99.9 Å². The molecule has 1 amide bonds. The monoisotopic (exact) mass is 689 g/mol. The van der Waals surface area contributed by atoms with Gasteiger partial charge in [-0.2, -0.15) is 0 Å². The van der Waals surface area contributed by atoms with Gasteiger partial charge in [-0.25, -0.2) is 17.2 Å². The molecule has 7 rings (SSSR count). The molecule has 3 heterocycles. The number of sulfonamides is 1. The number of halogens is 2. The Morgan fingerprint density at radius 3 is 2.43 bits per heavy atom. The number of carbonyl (C=O) groups is 2. The van der Waals surface area contributed by atoms with E-state index in [4.69, 9.17) is 0 Å². The maximum atomic E-state index is 14.3. The standard InChI is InChI=1S/C38H41F2N3O5S/c1-3-26-22-43-23-38(11-12-38)49(47,48)41(2)33-18-27(17-32(26)35(33)43)34(44)19-28(14-25-15-29(39)20-30(40)16-25)36(45)31-10-7-13-42(37(31)46)21-24-8-5-4-6-9-24/h4-6,8-9,15-18,20,22,28,31,36,45H,3,7,10-14,19,21,23H2,1-2H3/t28-,31+,36+/m1/s1. The van der Waals surface area contributed by atoms with E-state index in [1.165, 1.54) is 23.5 Å². The Balaban J connectivity index is 1.23. The van der Waals surface area contributed by atoms with Gasteiger partial charge < -0.3 is 14.6 Å². The molecular formula is C38H41F2N3O5S. The molecule has 2 aliphatic heterocycles. The fourth-order valence-electron chi connectivity index (χ4n) is 7.94. The molecule has 1 N–H and O–H groups in total. The van der Waals surface area contributed by atoms with E-state index in [0.29, 0.717) is 57.4 Å². The van der Waals surface area contributed by atoms with Crippen molar-refractivity contribution < 1.29 is 31.9 Å². The van der Waals surface area contributed by atoms with Crippen LogP contribution in [0.2, 0.25) is 0 Å². The first-order chi connectivity index (χ1) is 23.4. The number of hydrogen-bond donors (Lipinski definition) is 1. The van der Waals surface area contributed by atoms with Crippen LogP contribution in [0.3, 0.4) is 0 Å². The molecule has 0 radical (unpaired) electrons. The molecule has 8 nitrogen and oxygen atoms in total. The second-order valence-corrected chi connectivity index (χ2v) is 16.4. The first-order valence-electron chi connectivity index (χ1n) is 17.0. The summed E-state index contributed by atoms with van der Waals surface area (Å²) in [5.41, 5.74) is 3.70. The van der Waals surface area contributed by atoms with Gasteiger partial charge in [-0.05, 0) is 85.4 Å². The molecule has 1 saturated carbocycles. The Kier molecular flexibility index (Phi) is 8.63. The lowest BCUT2D eigenvalue weighted by Gasteiger charge is -2.37. The molecule has 0 unspecified atom stereocenters. The van der Waals surface area contributed by atoms with E-state index >= 15 is 0 Å². The number of aromatic nitrogens is 1. The number of carbonyl (C=O) groups excluding carboxylic acids is 2. The van der Waals surface area contributed by atoms with Crippen LogP contribution in [0.4, 0.5) is 14.5 Å². The smallest absolute Gasteiger partial charge is 0.242 e. The number of ketones is 1. The number of aliphatic hydroxyl groups is 1. The quantitative estimate of drug-likeness (QED) is 0.205. The lowest BCUT2D eigenvalue weighted by molar-refractivity contribution is -0.145. The lowest BCUT2D eigenvalue weighted by atomic mass is 9.79. The van der Waals surface area contributed by atoms with Crippen LogP contribution in [0.1, 0.15) is 66.1 Å². The Labute approximate surface area is 285 Å². The Morgan fingerprint density at radius 2 is 1.76 bits per heavy atom. The average Bonchev–Trinajstić information content (AvgIpc) is 3.79. The summed E-state index contributed by atoms with van der Waals surface area (Å²) in [6.07, 6.45) is 3.37. The third-order valence-corrected chi connectivity index (χ3v) is 13.4. The number of nitrogens with zero attached hydrogens (tertiary/aromatic N) is 3. The van der Waals surface area contributed by atoms with Crippen molar-refractivity contribution in [3.63, 3.8) is 0 Å². The number of aryl methyl sites for hydroxylation is 1. The molecule has 4 aromatic rings. The maximum Gasteiger partial charge on any atom is 0.242 e. The summed E-state index contributed by atoms with van der Waals surface area (Å²) in [5.74, 6) is -3.76. The Bertz CT molecular complexity index is 2020. The van der Waals surface area contributed by atoms with E-state index in [9.17, 15) is 31.9 Å². The molecule has 1 spiro atoms. The zero-order chi connectivity index (χ0) is 34.7. The Morgan fingerprint density at radius 1 is 1.04 bits per heavy atom. The van der Waals surface area contributed by atoms with Crippen LogP contribution in [0.5, 0.6) is 0 Å². The zero-order valence-corrected chi connectivity index (χ0v) is 28.6. The van der Waals surface area contributed by atoms with Crippen molar-refractivity contribution in [3.8, 4) is 0 Å². The number of Topliss-reactive ketones (excluding diaryl/α,β-unsaturated/α-hetero) is 1. The second-order valence-electron chi connectivity index (χ2n) is 14.0. The summed E-state index contributed by atoms with van der Waals surface area (Å²) in [5, 5.41) is 12.7. The third kappa shape index (κ3) is 6.05. The molecule has 3 aromatic carbocycles. The van der Waals surface area contributed by atoms with Crippen LogP contribution in [0, 0.1) is 23.5 Å². The summed E-state index contributed by atoms with van der Waals surface area (Å²) in [7, 11) is -2.16. The van der Waals surface area contributed by atoms with E-state index in [2.05, 4.69) is 0 Å². The van der Waals surface area contributed by atoms with Crippen molar-refractivity contribution >= 4 is 38.3 Å². The maximum absolute atomic E-state index is 14.3. The highest BCUT2D eigenvalue weighted by atomic mass is 32.2. The van der Waals surface area contributed by atoms with Gasteiger partial charge in [0.05, 0.1) is 23.2 Å². The second kappa shape index (κ2) is 12.7. The van der Waals surface area contributed by atoms with Crippen LogP contribution < -0.4 is 4.31 Å². The number of benzene rings is 3. The number of likely N-dealkylation sites (tertiary alicyclic amines) is 1. The van der Waals surface area contributed by atoms with Gasteiger partial charge in [0.2, 0.25) is 15.9 Å². The van der Waals surface area contributed by atoms with Gasteiger partial charge in [0.25, 0.3) is 0 Å². The molecule has 1 aromatic heterocycles. The third-order valence-electron chi connectivity index (χ3n) is 10.8. The molecular weight excluding hydrogens is 648 g/mol. The van der Waals surface area contributed by atoms with Gasteiger partial charge in [-0.1, -0.05) is 37.3 Å². The first kappa shape index (κ1) is 33.4. The summed E-state index contributed by atoms with van der Waals surface area (Å²) in [4.78, 5) is 29.8. The van der Waals surface area contributed by atoms with Crippen LogP contribution >= 0.6 is 0 Å². The highest BCUT2D eigenvalue weighted by molar-refractivity contribution is 7.94. The molecule has 0 bridgehead atoms. The number of amides is 1. The van der Waals surface area contributed by atoms with Crippen molar-refractivity contribution in [3.05, 3.63) is 101 Å². The van der Waals surface area contributed by atoms with Crippen LogP contribution in [-0.2, 0) is 40.7 Å². The van der Waals surface area contributed by atoms with Crippen LogP contribution in [-0.4, -0.2) is 59.1 Å². The van der Waals surface area contributed by atoms with E-state index in [1.54, 1.807) is 17.0 Å². The molecule has 11 heteroatoms. The van der Waals surface area contributed by atoms with Crippen LogP contribution in [0.15, 0.2) is 66.9 Å². The predicted molar refractivity (Wildman–Crippen MR) is 184 cm³/mol. The summed E-state index contributed by atoms with van der Waals surface area (Å²) < 4.78 is 58.5. The SMILES string of the molecule is CCc1cn2c3c(cc(C(=O)C[C@@H](Cc4cc(F)cc(F)c4)[C@H](O)[C@@H]4CCCN(Cc5ccccc5)C4=O)cc13)N(C)S(=O)(=O)C1(CC1)C2. The van der Waals surface area contributed by atoms with Gasteiger partial charge >= 0.3 is 0 Å². The molecule has 1 saturated heterocycles. The number of hydrogen-bond acceptors (Lipinski definition) is 5. The van der Waals surface area contributed by atoms with Gasteiger partial charge in [-0.3, -0.25) is 13.9 Å². The largest absolute Gasteiger partial charge is 0.392 e. The summed E-state index contributed by atoms with van der Waals surface area (Å²) in [6.45, 7) is 3.29. The van der Waals surface area contributed by atoms with Gasteiger partial charge in [0.15, 0.2) is 5.78 Å². The fourth-order valence-corrected chi connectivity index (χ4v) is 9.84. The van der Waals surface area contributed by atoms with Crippen molar-refractivity contribution in [2.45, 2.75) is 75.8 Å². The minimum absolute atomic E-state index is 0.0352. The van der Waals surface area contributed by atoms with E-state index in [1.807, 2.05) is 48.0 Å². The van der Waals surface area contributed by atoms with Gasteiger partial charge in [0, 0.05) is 56.3 Å². The highest BCUT2D eigenvalue weighted by Gasteiger charge is 2.58. The molecule has 3 aliphatic rings. The Hall–Kier alpha value is -4.09. The summed E-state index contributed by atoms with van der Waals surface area (Å²) in [6, 6.07) is 16.1. The van der Waals surface area contributed by atoms with Crippen LogP contribution in [0.25, 0.3) is 10.9 Å². The van der Waals surface area contributed by atoms with Crippen molar-refractivity contribution in [1.29, 1.82) is 0 Å². The minimum Gasteiger partial charge on any atom is -0.392 e. The molecule has 1 aliphatic carbocycles. The number of aliphatic hydroxyl groups excluding tert-OH is 1. The fraction of sp³-hybridized carbons (Fsp3) is 0.421. The predicted octanol–water partition coefficient (Wildman–Crippen LogP) is 6.03. The first-order valence-corrected chi connectivity index (χ1v) is 18.5.